The van der Waals surface area contributed by atoms with Crippen molar-refractivity contribution in [2.24, 2.45) is 0 Å². The van der Waals surface area contributed by atoms with Gasteiger partial charge in [0.15, 0.2) is 0 Å². The number of hydrogen-bond donors (Lipinski definition) is 1. The van der Waals surface area contributed by atoms with E-state index in [1.165, 1.54) is 11.1 Å². The summed E-state index contributed by atoms with van der Waals surface area (Å²) in [6.07, 6.45) is 0. The Morgan fingerprint density at radius 1 is 0.893 bits per heavy atom. The van der Waals surface area contributed by atoms with E-state index >= 15 is 0 Å². The van der Waals surface area contributed by atoms with Crippen LogP contribution < -0.4 is 10.1 Å². The van der Waals surface area contributed by atoms with Gasteiger partial charge >= 0.3 is 6.01 Å². The average molecular weight is 371 g/mol. The molecule has 0 fully saturated rings. The lowest BCUT2D eigenvalue weighted by atomic mass is 10.1. The van der Waals surface area contributed by atoms with Crippen LogP contribution in [0.25, 0.3) is 5.69 Å². The van der Waals surface area contributed by atoms with E-state index in [2.05, 4.69) is 52.9 Å². The zero-order chi connectivity index (χ0) is 19.3. The smallest absolute Gasteiger partial charge is 0.345 e. The topological polar surface area (TPSA) is 64.9 Å². The SMILES string of the molecule is Cc1ccc(NCc2ccc(Oc3nnnn3-c3ccccc3)cc2)cc1C. The number of aromatic nitrogens is 4. The summed E-state index contributed by atoms with van der Waals surface area (Å²) in [7, 11) is 0. The van der Waals surface area contributed by atoms with Gasteiger partial charge in [-0.3, -0.25) is 0 Å². The molecule has 4 aromatic rings. The number of tetrazole rings is 1. The molecule has 140 valence electrons. The van der Waals surface area contributed by atoms with Crippen LogP contribution >= 0.6 is 0 Å². The lowest BCUT2D eigenvalue weighted by Crippen LogP contribution is -2.01. The maximum absolute atomic E-state index is 5.86. The molecule has 28 heavy (non-hydrogen) atoms. The minimum Gasteiger partial charge on any atom is -0.423 e. The van der Waals surface area contributed by atoms with Gasteiger partial charge in [-0.1, -0.05) is 41.5 Å². The molecule has 4 rings (SSSR count). The Morgan fingerprint density at radius 3 is 2.43 bits per heavy atom. The second-order valence-corrected chi connectivity index (χ2v) is 6.61. The van der Waals surface area contributed by atoms with Crippen molar-refractivity contribution in [1.29, 1.82) is 0 Å². The summed E-state index contributed by atoms with van der Waals surface area (Å²) in [5, 5.41) is 15.1. The van der Waals surface area contributed by atoms with Crippen molar-refractivity contribution in [2.45, 2.75) is 20.4 Å². The van der Waals surface area contributed by atoms with Crippen LogP contribution in [-0.4, -0.2) is 20.2 Å². The summed E-state index contributed by atoms with van der Waals surface area (Å²) in [6.45, 7) is 4.98. The van der Waals surface area contributed by atoms with Crippen LogP contribution in [0.4, 0.5) is 5.69 Å². The summed E-state index contributed by atoms with van der Waals surface area (Å²) in [5.74, 6) is 0.682. The second-order valence-electron chi connectivity index (χ2n) is 6.61. The van der Waals surface area contributed by atoms with Gasteiger partial charge < -0.3 is 10.1 Å². The Kier molecular flexibility index (Phi) is 5.01. The van der Waals surface area contributed by atoms with Crippen LogP contribution in [0.5, 0.6) is 11.8 Å². The molecule has 0 spiro atoms. The Morgan fingerprint density at radius 2 is 1.68 bits per heavy atom. The first-order chi connectivity index (χ1) is 13.7. The van der Waals surface area contributed by atoms with Crippen LogP contribution in [0.1, 0.15) is 16.7 Å². The molecular weight excluding hydrogens is 350 g/mol. The molecule has 1 aromatic heterocycles. The van der Waals surface area contributed by atoms with Gasteiger partial charge in [-0.15, -0.1) is 0 Å². The molecule has 0 aliphatic rings. The first kappa shape index (κ1) is 17.7. The Hall–Kier alpha value is -3.67. The summed E-state index contributed by atoms with van der Waals surface area (Å²) in [5.41, 5.74) is 5.70. The van der Waals surface area contributed by atoms with E-state index in [4.69, 9.17) is 4.74 Å². The van der Waals surface area contributed by atoms with Gasteiger partial charge in [0.25, 0.3) is 0 Å². The quantitative estimate of drug-likeness (QED) is 0.533. The van der Waals surface area contributed by atoms with E-state index < -0.39 is 0 Å². The van der Waals surface area contributed by atoms with E-state index in [9.17, 15) is 0 Å². The maximum Gasteiger partial charge on any atom is 0.345 e. The fourth-order valence-corrected chi connectivity index (χ4v) is 2.81. The third kappa shape index (κ3) is 4.01. The van der Waals surface area contributed by atoms with Crippen molar-refractivity contribution >= 4 is 5.69 Å². The summed E-state index contributed by atoms with van der Waals surface area (Å²) in [6, 6.07) is 24.3. The van der Waals surface area contributed by atoms with Gasteiger partial charge in [-0.2, -0.15) is 4.68 Å². The highest BCUT2D eigenvalue weighted by molar-refractivity contribution is 5.48. The molecule has 0 radical (unpaired) electrons. The summed E-state index contributed by atoms with van der Waals surface area (Å²) < 4.78 is 7.42. The Balaban J connectivity index is 1.42. The van der Waals surface area contributed by atoms with E-state index in [-0.39, 0.29) is 0 Å². The molecule has 0 bridgehead atoms. The van der Waals surface area contributed by atoms with Gasteiger partial charge in [0.05, 0.1) is 5.69 Å². The van der Waals surface area contributed by atoms with E-state index in [0.717, 1.165) is 23.5 Å². The minimum absolute atomic E-state index is 0.326. The minimum atomic E-state index is 0.326. The van der Waals surface area contributed by atoms with Crippen LogP contribution in [0.3, 0.4) is 0 Å². The summed E-state index contributed by atoms with van der Waals surface area (Å²) in [4.78, 5) is 0. The Bertz CT molecular complexity index is 1060. The van der Waals surface area contributed by atoms with E-state index in [1.54, 1.807) is 4.68 Å². The van der Waals surface area contributed by atoms with Crippen molar-refractivity contribution in [2.75, 3.05) is 5.32 Å². The molecule has 6 heteroatoms. The van der Waals surface area contributed by atoms with Crippen molar-refractivity contribution in [3.63, 3.8) is 0 Å². The largest absolute Gasteiger partial charge is 0.423 e. The molecule has 0 unspecified atom stereocenters. The van der Waals surface area contributed by atoms with Gasteiger partial charge in [-0.25, -0.2) is 0 Å². The lowest BCUT2D eigenvalue weighted by Gasteiger charge is -2.10. The average Bonchev–Trinajstić information content (AvgIpc) is 3.19. The molecule has 0 aliphatic carbocycles. The van der Waals surface area contributed by atoms with Gasteiger partial charge in [0, 0.05) is 12.2 Å². The van der Waals surface area contributed by atoms with Crippen molar-refractivity contribution in [3.8, 4) is 17.4 Å². The van der Waals surface area contributed by atoms with E-state index in [0.29, 0.717) is 11.8 Å². The molecule has 0 amide bonds. The third-order valence-electron chi connectivity index (χ3n) is 4.58. The standard InChI is InChI=1S/C22H21N5O/c1-16-8-11-19(14-17(16)2)23-15-18-9-12-21(13-10-18)28-22-24-25-26-27(22)20-6-4-3-5-7-20/h3-14,23H,15H2,1-2H3. The van der Waals surface area contributed by atoms with Gasteiger partial charge in [0.2, 0.25) is 0 Å². The number of hydrogen-bond acceptors (Lipinski definition) is 5. The number of rotatable bonds is 6. The number of aryl methyl sites for hydroxylation is 2. The fraction of sp³-hybridized carbons (Fsp3) is 0.136. The van der Waals surface area contributed by atoms with E-state index in [1.807, 2.05) is 54.6 Å². The van der Waals surface area contributed by atoms with Gasteiger partial charge in [-0.05, 0) is 77.4 Å². The highest BCUT2D eigenvalue weighted by Crippen LogP contribution is 2.22. The summed E-state index contributed by atoms with van der Waals surface area (Å²) >= 11 is 0. The highest BCUT2D eigenvalue weighted by Gasteiger charge is 2.10. The molecule has 0 aliphatic heterocycles. The first-order valence-corrected chi connectivity index (χ1v) is 9.11. The molecule has 1 heterocycles. The van der Waals surface area contributed by atoms with Crippen LogP contribution in [-0.2, 0) is 6.54 Å². The predicted octanol–water partition coefficient (Wildman–Crippen LogP) is 4.68. The predicted molar refractivity (Wildman–Crippen MR) is 109 cm³/mol. The monoisotopic (exact) mass is 371 g/mol. The number of anilines is 1. The first-order valence-electron chi connectivity index (χ1n) is 9.11. The number of para-hydroxylation sites is 1. The van der Waals surface area contributed by atoms with Crippen molar-refractivity contribution in [3.05, 3.63) is 89.5 Å². The van der Waals surface area contributed by atoms with Crippen LogP contribution in [0.15, 0.2) is 72.8 Å². The molecule has 1 N–H and O–H groups in total. The molecule has 3 aromatic carbocycles. The molecule has 0 atom stereocenters. The van der Waals surface area contributed by atoms with Crippen LogP contribution in [0.2, 0.25) is 0 Å². The number of ether oxygens (including phenoxy) is 1. The highest BCUT2D eigenvalue weighted by atomic mass is 16.5. The fourth-order valence-electron chi connectivity index (χ4n) is 2.81. The van der Waals surface area contributed by atoms with Crippen molar-refractivity contribution < 1.29 is 4.74 Å². The zero-order valence-corrected chi connectivity index (χ0v) is 15.8. The molecule has 0 saturated carbocycles. The normalized spacial score (nSPS) is 10.6. The second kappa shape index (κ2) is 7.92. The van der Waals surface area contributed by atoms with Crippen molar-refractivity contribution in [1.82, 2.24) is 20.2 Å². The van der Waals surface area contributed by atoms with Gasteiger partial charge in [0.1, 0.15) is 5.75 Å². The Labute approximate surface area is 163 Å². The zero-order valence-electron chi connectivity index (χ0n) is 15.8. The molecule has 0 saturated heterocycles. The maximum atomic E-state index is 5.86. The van der Waals surface area contributed by atoms with Crippen LogP contribution in [0, 0.1) is 13.8 Å². The molecule has 6 nitrogen and oxygen atoms in total. The third-order valence-corrected chi connectivity index (χ3v) is 4.58. The number of benzene rings is 3. The number of nitrogens with one attached hydrogen (secondary N) is 1. The molecular formula is C22H21N5O. The lowest BCUT2D eigenvalue weighted by molar-refractivity contribution is 0.427. The number of nitrogens with zero attached hydrogens (tertiary/aromatic N) is 4.